The van der Waals surface area contributed by atoms with Crippen molar-refractivity contribution in [3.8, 4) is 0 Å². The van der Waals surface area contributed by atoms with E-state index in [2.05, 4.69) is 24.3 Å². The quantitative estimate of drug-likeness (QED) is 0.638. The van der Waals surface area contributed by atoms with Crippen molar-refractivity contribution in [2.45, 2.75) is 32.1 Å². The van der Waals surface area contributed by atoms with Crippen molar-refractivity contribution in [3.05, 3.63) is 47.0 Å². The Balaban J connectivity index is 1.72. The molecule has 0 heterocycles. The van der Waals surface area contributed by atoms with E-state index in [4.69, 9.17) is 0 Å². The Kier molecular flexibility index (Phi) is 2.39. The van der Waals surface area contributed by atoms with Gasteiger partial charge in [-0.1, -0.05) is 35.9 Å². The van der Waals surface area contributed by atoms with E-state index in [-0.39, 0.29) is 5.78 Å². The molecule has 0 N–H and O–H groups in total. The fourth-order valence-corrected chi connectivity index (χ4v) is 5.65. The number of hydrogen-bond donors (Lipinski definition) is 0. The fraction of sp³-hybridized carbons (Fsp3) is 0.450. The Morgan fingerprint density at radius 1 is 0.810 bits per heavy atom. The van der Waals surface area contributed by atoms with Crippen LogP contribution in [0.3, 0.4) is 0 Å². The van der Waals surface area contributed by atoms with Gasteiger partial charge in [-0.25, -0.2) is 0 Å². The van der Waals surface area contributed by atoms with Gasteiger partial charge in [0, 0.05) is 5.57 Å². The largest absolute Gasteiger partial charge is 0.289 e. The standard InChI is InChI=1S/C20H20O/c21-18-6-5-14-3-1-2-4-17(14)20(18)19-15-8-12-7-13(10-15)11-16(19)9-12/h1-6,12-13,15-16H,7-11H2. The van der Waals surface area contributed by atoms with Crippen LogP contribution in [0.4, 0.5) is 0 Å². The molecule has 21 heavy (non-hydrogen) atoms. The number of allylic oxidation sites excluding steroid dienone is 3. The Morgan fingerprint density at radius 2 is 1.48 bits per heavy atom. The summed E-state index contributed by atoms with van der Waals surface area (Å²) in [5.74, 6) is 3.53. The molecule has 1 aromatic carbocycles. The number of carbonyl (C=O) groups is 1. The third kappa shape index (κ3) is 1.67. The molecule has 4 saturated carbocycles. The molecular formula is C20H20O. The lowest BCUT2D eigenvalue weighted by atomic mass is 9.53. The lowest BCUT2D eigenvalue weighted by Gasteiger charge is -2.52. The van der Waals surface area contributed by atoms with Gasteiger partial charge < -0.3 is 0 Å². The van der Waals surface area contributed by atoms with Gasteiger partial charge in [0.25, 0.3) is 0 Å². The van der Waals surface area contributed by atoms with Crippen LogP contribution in [-0.4, -0.2) is 5.78 Å². The van der Waals surface area contributed by atoms with E-state index in [1.807, 2.05) is 6.08 Å². The van der Waals surface area contributed by atoms with Gasteiger partial charge in [-0.05, 0) is 73.0 Å². The SMILES string of the molecule is O=C1C=Cc2ccccc2C1=C1C2CC3CC(C2)CC1C3. The second kappa shape index (κ2) is 4.19. The number of benzene rings is 1. The third-order valence-corrected chi connectivity index (χ3v) is 6.20. The highest BCUT2D eigenvalue weighted by molar-refractivity contribution is 6.30. The first-order chi connectivity index (χ1) is 10.3. The first-order valence-corrected chi connectivity index (χ1v) is 8.35. The second-order valence-electron chi connectivity index (χ2n) is 7.42. The summed E-state index contributed by atoms with van der Waals surface area (Å²) in [7, 11) is 0. The normalized spacial score (nSPS) is 36.3. The van der Waals surface area contributed by atoms with Crippen molar-refractivity contribution in [2.24, 2.45) is 23.7 Å². The Morgan fingerprint density at radius 3 is 2.19 bits per heavy atom. The lowest BCUT2D eigenvalue weighted by Crippen LogP contribution is -2.41. The molecule has 0 unspecified atom stereocenters. The van der Waals surface area contributed by atoms with Gasteiger partial charge >= 0.3 is 0 Å². The number of carbonyl (C=O) groups excluding carboxylic acids is 1. The van der Waals surface area contributed by atoms with E-state index in [0.29, 0.717) is 11.8 Å². The molecule has 5 aliphatic rings. The first-order valence-electron chi connectivity index (χ1n) is 8.35. The zero-order chi connectivity index (χ0) is 14.0. The van der Waals surface area contributed by atoms with Gasteiger partial charge in [0.2, 0.25) is 0 Å². The van der Waals surface area contributed by atoms with Crippen molar-refractivity contribution in [1.82, 2.24) is 0 Å². The van der Waals surface area contributed by atoms with Crippen molar-refractivity contribution in [2.75, 3.05) is 0 Å². The summed E-state index contributed by atoms with van der Waals surface area (Å²) < 4.78 is 0. The zero-order valence-electron chi connectivity index (χ0n) is 12.2. The smallest absolute Gasteiger partial charge is 0.186 e. The van der Waals surface area contributed by atoms with E-state index in [1.54, 1.807) is 6.08 Å². The number of hydrogen-bond acceptors (Lipinski definition) is 1. The van der Waals surface area contributed by atoms with Crippen LogP contribution >= 0.6 is 0 Å². The van der Waals surface area contributed by atoms with Crippen LogP contribution in [0, 0.1) is 23.7 Å². The molecule has 0 amide bonds. The third-order valence-electron chi connectivity index (χ3n) is 6.20. The molecule has 0 spiro atoms. The monoisotopic (exact) mass is 276 g/mol. The van der Waals surface area contributed by atoms with Crippen LogP contribution < -0.4 is 0 Å². The van der Waals surface area contributed by atoms with Crippen molar-refractivity contribution >= 4 is 17.4 Å². The predicted octanol–water partition coefficient (Wildman–Crippen LogP) is 4.49. The van der Waals surface area contributed by atoms with E-state index in [9.17, 15) is 4.79 Å². The molecule has 1 nitrogen and oxygen atoms in total. The minimum Gasteiger partial charge on any atom is -0.289 e. The Bertz CT molecular complexity index is 662. The molecule has 4 bridgehead atoms. The van der Waals surface area contributed by atoms with Gasteiger partial charge in [0.15, 0.2) is 5.78 Å². The molecule has 0 radical (unpaired) electrons. The maximum atomic E-state index is 12.6. The van der Waals surface area contributed by atoms with E-state index >= 15 is 0 Å². The average molecular weight is 276 g/mol. The topological polar surface area (TPSA) is 17.1 Å². The van der Waals surface area contributed by atoms with E-state index in [0.717, 1.165) is 17.4 Å². The maximum absolute atomic E-state index is 12.6. The first kappa shape index (κ1) is 12.0. The van der Waals surface area contributed by atoms with Gasteiger partial charge in [-0.3, -0.25) is 4.79 Å². The average Bonchev–Trinajstić information content (AvgIpc) is 2.48. The second-order valence-corrected chi connectivity index (χ2v) is 7.42. The summed E-state index contributed by atoms with van der Waals surface area (Å²) in [5, 5.41) is 0. The Hall–Kier alpha value is -1.63. The fourth-order valence-electron chi connectivity index (χ4n) is 5.65. The van der Waals surface area contributed by atoms with Crippen LogP contribution in [-0.2, 0) is 4.79 Å². The summed E-state index contributed by atoms with van der Waals surface area (Å²) >= 11 is 0. The summed E-state index contributed by atoms with van der Waals surface area (Å²) in [5.41, 5.74) is 5.01. The van der Waals surface area contributed by atoms with Crippen LogP contribution in [0.15, 0.2) is 35.9 Å². The summed E-state index contributed by atoms with van der Waals surface area (Å²) in [6, 6.07) is 8.42. The van der Waals surface area contributed by atoms with Crippen LogP contribution in [0.5, 0.6) is 0 Å². The van der Waals surface area contributed by atoms with Crippen LogP contribution in [0.1, 0.15) is 43.2 Å². The summed E-state index contributed by atoms with van der Waals surface area (Å²) in [6.07, 6.45) is 10.6. The highest BCUT2D eigenvalue weighted by Gasteiger charge is 2.47. The highest BCUT2D eigenvalue weighted by Crippen LogP contribution is 2.58. The molecule has 0 aromatic heterocycles. The zero-order valence-corrected chi connectivity index (χ0v) is 12.2. The molecule has 0 aliphatic heterocycles. The van der Waals surface area contributed by atoms with Gasteiger partial charge in [0.05, 0.1) is 0 Å². The van der Waals surface area contributed by atoms with Crippen molar-refractivity contribution in [3.63, 3.8) is 0 Å². The van der Waals surface area contributed by atoms with Gasteiger partial charge in [0.1, 0.15) is 0 Å². The number of rotatable bonds is 0. The molecule has 106 valence electrons. The summed E-state index contributed by atoms with van der Waals surface area (Å²) in [4.78, 5) is 12.6. The van der Waals surface area contributed by atoms with E-state index in [1.165, 1.54) is 48.8 Å². The predicted molar refractivity (Wildman–Crippen MR) is 84.4 cm³/mol. The molecule has 6 rings (SSSR count). The highest BCUT2D eigenvalue weighted by atomic mass is 16.1. The molecule has 1 aromatic rings. The van der Waals surface area contributed by atoms with Crippen molar-refractivity contribution in [1.29, 1.82) is 0 Å². The minimum absolute atomic E-state index is 0.246. The molecule has 5 aliphatic carbocycles. The molecule has 4 fully saturated rings. The van der Waals surface area contributed by atoms with Gasteiger partial charge in [-0.2, -0.15) is 0 Å². The van der Waals surface area contributed by atoms with Crippen molar-refractivity contribution < 1.29 is 4.79 Å². The lowest BCUT2D eigenvalue weighted by molar-refractivity contribution is -0.109. The Labute approximate surface area is 125 Å². The van der Waals surface area contributed by atoms with Gasteiger partial charge in [-0.15, -0.1) is 0 Å². The number of fused-ring (bicyclic) bond motifs is 1. The molecule has 0 saturated heterocycles. The van der Waals surface area contributed by atoms with Crippen LogP contribution in [0.2, 0.25) is 0 Å². The minimum atomic E-state index is 0.246. The molecule has 0 atom stereocenters. The molecular weight excluding hydrogens is 256 g/mol. The molecule has 1 heteroatoms. The van der Waals surface area contributed by atoms with Crippen LogP contribution in [0.25, 0.3) is 11.6 Å². The number of ketones is 1. The maximum Gasteiger partial charge on any atom is 0.186 e. The van der Waals surface area contributed by atoms with E-state index < -0.39 is 0 Å². The summed E-state index contributed by atoms with van der Waals surface area (Å²) in [6.45, 7) is 0.